The van der Waals surface area contributed by atoms with Crippen molar-refractivity contribution in [3.05, 3.63) is 120 Å². The predicted octanol–water partition coefficient (Wildman–Crippen LogP) is -1.48. The molecule has 15 atom stereocenters. The largest absolute Gasteiger partial charge is 0.508 e. The lowest BCUT2D eigenvalue weighted by Crippen LogP contribution is -2.62. The molecule has 0 aliphatic carbocycles. The first-order valence-corrected chi connectivity index (χ1v) is 49.1. The summed E-state index contributed by atoms with van der Waals surface area (Å²) in [6.45, 7) is 7.70. The monoisotopic (exact) mass is 1990 g/mol. The van der Waals surface area contributed by atoms with Crippen molar-refractivity contribution >= 4 is 140 Å². The van der Waals surface area contributed by atoms with Gasteiger partial charge in [0.1, 0.15) is 96.1 Å². The molecule has 0 spiro atoms. The molecule has 0 radical (unpaired) electrons. The predicted molar refractivity (Wildman–Crippen MR) is 528 cm³/mol. The SMILES string of the molecule is CCCC[C@H]1C(=O)N(C)[C@@H](CCCC)C(=O)NC(CCCNC(=N)N)C(=O)N[C@H](C(=O)NCC(N)=O)CSCC(=O)N[C@@H](Cc2ccc(O)cc2)C(=O)N(C)[C@@H](C)C(=O)N[C@@H](CC(N)=O)C(=O)N2CCC[C@H]2C(=O)N[C@@H](CN)C(=O)N[C@@H](CC(C)C)C(=O)N2C[C@H](O)C[C@H]2C(=O)N[C@@H](Cc2c[nH]c3ccccc23)C(=O)N[C@@H](CO)C(=O)N[C@@H](Cc2c(-c3ccc(OCCC)cc3)[nH]c3ccccc23)C(=O)N1C. The summed E-state index contributed by atoms with van der Waals surface area (Å²) in [7, 11) is 3.91. The normalized spacial score (nSPS) is 24.1. The molecule has 44 nitrogen and oxygen atoms in total. The molecule has 2 aromatic heterocycles. The molecule has 4 aromatic carbocycles. The molecule has 3 aliphatic rings. The van der Waals surface area contributed by atoms with Gasteiger partial charge < -0.3 is 136 Å². The fraction of sp³-hybridized carbons (Fsp3) is 0.526. The van der Waals surface area contributed by atoms with Crippen molar-refractivity contribution in [3.8, 4) is 22.8 Å². The Morgan fingerprint density at radius 3 is 1.79 bits per heavy atom. The highest BCUT2D eigenvalue weighted by Gasteiger charge is 2.47. The summed E-state index contributed by atoms with van der Waals surface area (Å²) >= 11 is 0.757. The van der Waals surface area contributed by atoms with Crippen LogP contribution in [0.2, 0.25) is 0 Å². The van der Waals surface area contributed by atoms with Gasteiger partial charge in [-0.2, -0.15) is 0 Å². The summed E-state index contributed by atoms with van der Waals surface area (Å²) in [4.78, 5) is 263. The maximum Gasteiger partial charge on any atom is 0.246 e. The number of aliphatic hydroxyl groups excluding tert-OH is 2. The van der Waals surface area contributed by atoms with Crippen LogP contribution >= 0.6 is 11.8 Å². The van der Waals surface area contributed by atoms with Crippen LogP contribution < -0.4 is 86.2 Å². The highest BCUT2D eigenvalue weighted by Crippen LogP contribution is 2.34. The van der Waals surface area contributed by atoms with E-state index in [-0.39, 0.29) is 89.0 Å². The summed E-state index contributed by atoms with van der Waals surface area (Å²) in [5.74, 6) is -17.8. The smallest absolute Gasteiger partial charge is 0.246 e. The van der Waals surface area contributed by atoms with E-state index < -0.39 is 248 Å². The zero-order valence-electron chi connectivity index (χ0n) is 81.6. The number of primary amides is 2. The fourth-order valence-corrected chi connectivity index (χ4v) is 18.3. The van der Waals surface area contributed by atoms with Crippen molar-refractivity contribution < 1.29 is 102 Å². The van der Waals surface area contributed by atoms with E-state index in [0.29, 0.717) is 87.8 Å². The number of carbonyl (C=O) groups excluding carboxylic acids is 17. The Hall–Kier alpha value is -14.0. The number of nitrogens with zero attached hydrogens (tertiary/aromatic N) is 5. The zero-order valence-corrected chi connectivity index (χ0v) is 82.4. The summed E-state index contributed by atoms with van der Waals surface area (Å²) < 4.78 is 5.95. The number of phenols is 1. The van der Waals surface area contributed by atoms with Crippen molar-refractivity contribution in [1.82, 2.24) is 93.0 Å². The Balaban J connectivity index is 1.13. The number of para-hydroxylation sites is 2. The molecule has 3 aliphatic heterocycles. The lowest BCUT2D eigenvalue weighted by atomic mass is 9.96. The topological polar surface area (TPSA) is 668 Å². The molecule has 1 unspecified atom stereocenters. The highest BCUT2D eigenvalue weighted by atomic mass is 32.2. The number of ether oxygens (including phenoxy) is 1. The number of unbranched alkanes of at least 4 members (excludes halogenated alkanes) is 2. The minimum atomic E-state index is -1.94. The Bertz CT molecular complexity index is 5470. The molecular formula is C97H137N23O21S. The number of nitrogens with two attached hydrogens (primary N) is 4. The number of H-pyrrole nitrogens is 2. The quantitative estimate of drug-likeness (QED) is 0.0145. The zero-order chi connectivity index (χ0) is 104. The second-order valence-electron chi connectivity index (χ2n) is 36.5. The van der Waals surface area contributed by atoms with Gasteiger partial charge >= 0.3 is 0 Å². The van der Waals surface area contributed by atoms with Gasteiger partial charge in [0.2, 0.25) is 100 Å². The average Bonchev–Trinajstić information content (AvgIpc) is 1.61. The second-order valence-corrected chi connectivity index (χ2v) is 37.5. The van der Waals surface area contributed by atoms with E-state index in [2.05, 4.69) is 68.5 Å². The van der Waals surface area contributed by atoms with Gasteiger partial charge in [-0.25, -0.2) is 0 Å². The molecule has 25 N–H and O–H groups in total. The second kappa shape index (κ2) is 53.6. The number of fused-ring (bicyclic) bond motifs is 4. The van der Waals surface area contributed by atoms with E-state index in [9.17, 15) is 58.5 Å². The van der Waals surface area contributed by atoms with Crippen LogP contribution in [0.4, 0.5) is 0 Å². The summed E-state index contributed by atoms with van der Waals surface area (Å²) in [6.07, 6.45) is 0.0558. The maximum absolute atomic E-state index is 16.3. The first-order valence-electron chi connectivity index (χ1n) is 48.0. The third-order valence-electron chi connectivity index (χ3n) is 25.3. The molecule has 3 fully saturated rings. The summed E-state index contributed by atoms with van der Waals surface area (Å²) in [6, 6.07) is 4.58. The van der Waals surface area contributed by atoms with Crippen LogP contribution in [0.3, 0.4) is 0 Å². The van der Waals surface area contributed by atoms with E-state index >= 15 is 38.4 Å². The van der Waals surface area contributed by atoms with Gasteiger partial charge in [-0.15, -0.1) is 11.8 Å². The highest BCUT2D eigenvalue weighted by molar-refractivity contribution is 8.00. The van der Waals surface area contributed by atoms with Gasteiger partial charge in [0.25, 0.3) is 0 Å². The number of amides is 17. The fourth-order valence-electron chi connectivity index (χ4n) is 17.5. The molecule has 9 rings (SSSR count). The number of aromatic amines is 2. The number of benzene rings is 4. The molecule has 0 saturated carbocycles. The summed E-state index contributed by atoms with van der Waals surface area (Å²) in [5, 5.41) is 71.2. The van der Waals surface area contributed by atoms with Crippen LogP contribution in [-0.4, -0.2) is 325 Å². The molecule has 5 heterocycles. The molecule has 6 aromatic rings. The van der Waals surface area contributed by atoms with Crippen LogP contribution in [0.5, 0.6) is 11.5 Å². The molecule has 772 valence electrons. The van der Waals surface area contributed by atoms with E-state index in [0.717, 1.165) is 42.7 Å². The Morgan fingerprint density at radius 2 is 1.14 bits per heavy atom. The van der Waals surface area contributed by atoms with E-state index in [1.165, 1.54) is 52.3 Å². The number of hydrogen-bond donors (Lipinski definition) is 21. The van der Waals surface area contributed by atoms with Crippen LogP contribution in [0, 0.1) is 11.3 Å². The Kier molecular flexibility index (Phi) is 42.2. The standard InChI is InChI=1S/C97H137N23O21S/c1-10-13-26-75-89(133)108-66(25-19-37-103-97(101)102)85(129)115-74(84(128)105-48-80(100)125)51-142-52-81(126)106-69(41-55-29-33-58(122)34-30-55)92(136)116(7)54(6)83(127)110-71(45-79(99)124)94(138)119-38-20-28-76(119)90(134)113-72(46-98)87(131)111-68(40-53(4)5)95(139)120-49-59(123)43-78(120)91(135)109-67(42-57-47-104-64-23-17-15-21-61(57)64)86(130)114-73(50-121)88(132)112-70(93(137)118(9)77(27-14-11-2)96(140)117(75)8)44-63-62-22-16-18-24-65(62)107-82(63)56-31-35-60(36-32-56)141-39-12-3/h15-18,21-24,29-36,47,53-54,59,66-78,104,107,121-123H,10-14,19-20,25-28,37-46,48-52,98H2,1-9H3,(H2,99,124)(H2,100,125)(H,105,128)(H,106,126)(H,108,133)(H,109,135)(H,110,127)(H,111,131)(H,112,132)(H,113,134)(H,114,130)(H,115,129)(H4,101,102,103)/t54-,59+,66?,67-,68-,69-,70-,71-,72-,73-,74-,75-,76-,77-,78-/m0/s1. The number of guanidine groups is 1. The third-order valence-corrected chi connectivity index (χ3v) is 26.4. The maximum atomic E-state index is 16.3. The van der Waals surface area contributed by atoms with E-state index in [1.54, 1.807) is 86.8 Å². The van der Waals surface area contributed by atoms with Gasteiger partial charge in [0.05, 0.1) is 38.0 Å². The van der Waals surface area contributed by atoms with Gasteiger partial charge in [-0.1, -0.05) is 109 Å². The Morgan fingerprint density at radius 1 is 0.563 bits per heavy atom. The number of nitrogens with one attached hydrogen (secondary N) is 14. The summed E-state index contributed by atoms with van der Waals surface area (Å²) in [5.41, 5.74) is 26.7. The number of thioether (sulfide) groups is 1. The van der Waals surface area contributed by atoms with Gasteiger partial charge in [0.15, 0.2) is 5.96 Å². The third kappa shape index (κ3) is 30.8. The average molecular weight is 1990 g/mol. The number of likely N-dealkylation sites (N-methyl/N-ethyl adjacent to an activating group) is 3. The number of phenolic OH excluding ortho intramolecular Hbond substituents is 1. The minimum Gasteiger partial charge on any atom is -0.508 e. The first-order chi connectivity index (χ1) is 67.7. The number of rotatable bonds is 29. The number of aliphatic hydroxyl groups is 2. The molecule has 17 amide bonds. The van der Waals surface area contributed by atoms with Crippen molar-refractivity contribution in [2.45, 2.75) is 241 Å². The lowest BCUT2D eigenvalue weighted by molar-refractivity contribution is -0.149. The van der Waals surface area contributed by atoms with Crippen molar-refractivity contribution in [2.24, 2.45) is 28.9 Å². The minimum absolute atomic E-state index is 0.0216. The van der Waals surface area contributed by atoms with Gasteiger partial charge in [0, 0.05) is 112 Å². The molecule has 3 saturated heterocycles. The first kappa shape index (κ1) is 112. The molecule has 45 heteroatoms. The van der Waals surface area contributed by atoms with Crippen molar-refractivity contribution in [3.63, 3.8) is 0 Å². The number of aromatic hydroxyl groups is 1. The molecule has 0 bridgehead atoms. The number of aromatic nitrogens is 2. The van der Waals surface area contributed by atoms with E-state index in [1.807, 2.05) is 26.8 Å². The van der Waals surface area contributed by atoms with Crippen LogP contribution in [0.25, 0.3) is 33.1 Å². The molecular weight excluding hydrogens is 1860 g/mol. The van der Waals surface area contributed by atoms with Crippen LogP contribution in [0.1, 0.15) is 148 Å². The lowest BCUT2D eigenvalue weighted by Gasteiger charge is -2.36. The van der Waals surface area contributed by atoms with Crippen molar-refractivity contribution in [1.29, 1.82) is 5.41 Å². The van der Waals surface area contributed by atoms with Crippen LogP contribution in [0.15, 0.2) is 103 Å². The molecule has 142 heavy (non-hydrogen) atoms. The van der Waals surface area contributed by atoms with Crippen LogP contribution in [-0.2, 0) is 101 Å². The number of hydrogen-bond acceptors (Lipinski definition) is 24. The van der Waals surface area contributed by atoms with Gasteiger partial charge in [-0.3, -0.25) is 86.9 Å². The van der Waals surface area contributed by atoms with E-state index in [4.69, 9.17) is 33.1 Å². The van der Waals surface area contributed by atoms with Crippen molar-refractivity contribution in [2.75, 3.05) is 78.6 Å². The van der Waals surface area contributed by atoms with Gasteiger partial charge in [-0.05, 0) is 135 Å². The Labute approximate surface area is 827 Å². The number of carbonyl (C=O) groups is 17.